The number of aromatic nitrogens is 3. The average molecular weight is 430 g/mol. The van der Waals surface area contributed by atoms with E-state index in [9.17, 15) is 9.90 Å². The van der Waals surface area contributed by atoms with E-state index in [0.717, 1.165) is 11.4 Å². The number of halogens is 1. The van der Waals surface area contributed by atoms with Crippen molar-refractivity contribution in [2.75, 3.05) is 5.75 Å². The Kier molecular flexibility index (Phi) is 6.90. The Balaban J connectivity index is 1.63. The van der Waals surface area contributed by atoms with Gasteiger partial charge >= 0.3 is 5.16 Å². The van der Waals surface area contributed by atoms with Gasteiger partial charge < -0.3 is 5.11 Å². The molecule has 1 amide bonds. The molecule has 0 radical (unpaired) electrons. The van der Waals surface area contributed by atoms with Gasteiger partial charge in [0.1, 0.15) is 0 Å². The molecule has 2 N–H and O–H groups in total. The number of thioether (sulfide) groups is 1. The van der Waals surface area contributed by atoms with Crippen LogP contribution in [-0.4, -0.2) is 27.6 Å². The molecule has 3 aromatic rings. The topological polar surface area (TPSA) is 97.1 Å². The van der Waals surface area contributed by atoms with Crippen molar-refractivity contribution in [1.82, 2.24) is 15.6 Å². The summed E-state index contributed by atoms with van der Waals surface area (Å²) in [5.74, 6) is 0.645. The third kappa shape index (κ3) is 5.36. The summed E-state index contributed by atoms with van der Waals surface area (Å²) >= 11 is 7.27. The molecule has 0 aliphatic heterocycles. The summed E-state index contributed by atoms with van der Waals surface area (Å²) in [5.41, 5.74) is 4.72. The molecule has 0 aliphatic carbocycles. The maximum Gasteiger partial charge on any atom is 0.337 e. The van der Waals surface area contributed by atoms with E-state index in [1.165, 1.54) is 23.9 Å². The predicted molar refractivity (Wildman–Crippen MR) is 112 cm³/mol. The third-order valence-electron chi connectivity index (χ3n) is 4.12. The molecule has 0 aliphatic rings. The predicted octanol–water partition coefficient (Wildman–Crippen LogP) is 2.74. The van der Waals surface area contributed by atoms with E-state index in [1.54, 1.807) is 19.1 Å². The molecule has 9 heteroatoms. The molecule has 0 saturated heterocycles. The molecular formula is C20H20ClN5O2S. The van der Waals surface area contributed by atoms with Crippen molar-refractivity contribution in [3.8, 4) is 17.1 Å². The first kappa shape index (κ1) is 20.9. The van der Waals surface area contributed by atoms with Crippen LogP contribution in [0.5, 0.6) is 5.75 Å². The number of hydrogen-bond donors (Lipinski definition) is 2. The highest BCUT2D eigenvalue weighted by molar-refractivity contribution is 7.99. The minimum Gasteiger partial charge on any atom is -0.872 e. The molecule has 0 unspecified atom stereocenters. The lowest BCUT2D eigenvalue weighted by molar-refractivity contribution is -0.719. The van der Waals surface area contributed by atoms with E-state index in [-0.39, 0.29) is 17.4 Å². The van der Waals surface area contributed by atoms with Crippen LogP contribution in [0.2, 0.25) is 5.02 Å². The Hall–Kier alpha value is -2.84. The molecule has 3 rings (SSSR count). The number of H-pyrrole nitrogens is 1. The largest absolute Gasteiger partial charge is 0.872 e. The van der Waals surface area contributed by atoms with Crippen LogP contribution < -0.4 is 15.1 Å². The summed E-state index contributed by atoms with van der Waals surface area (Å²) < 4.78 is 2.00. The summed E-state index contributed by atoms with van der Waals surface area (Å²) in [6.45, 7) is 4.44. The molecule has 150 valence electrons. The maximum absolute atomic E-state index is 12.2. The zero-order chi connectivity index (χ0) is 20.8. The SMILES string of the molecule is CC[n+]1c(SCC(=O)N/N=C(/C)c2cccc([O-])c2)n[nH]c1-c1ccc(Cl)cc1. The van der Waals surface area contributed by atoms with Crippen LogP contribution in [0.1, 0.15) is 19.4 Å². The summed E-state index contributed by atoms with van der Waals surface area (Å²) in [5, 5.41) is 24.2. The molecule has 2 aromatic carbocycles. The first-order chi connectivity index (χ1) is 14.0. The molecule has 7 nitrogen and oxygen atoms in total. The van der Waals surface area contributed by atoms with Gasteiger partial charge in [-0.2, -0.15) is 5.10 Å². The first-order valence-corrected chi connectivity index (χ1v) is 10.3. The third-order valence-corrected chi connectivity index (χ3v) is 5.35. The molecule has 29 heavy (non-hydrogen) atoms. The highest BCUT2D eigenvalue weighted by atomic mass is 35.5. The number of rotatable bonds is 7. The molecule has 0 bridgehead atoms. The summed E-state index contributed by atoms with van der Waals surface area (Å²) in [7, 11) is 0. The van der Waals surface area contributed by atoms with Gasteiger partial charge in [0.25, 0.3) is 11.7 Å². The fourth-order valence-corrected chi connectivity index (χ4v) is 3.58. The maximum atomic E-state index is 12.2. The Morgan fingerprint density at radius 2 is 2.07 bits per heavy atom. The van der Waals surface area contributed by atoms with Crippen LogP contribution in [-0.2, 0) is 11.3 Å². The fourth-order valence-electron chi connectivity index (χ4n) is 2.64. The lowest BCUT2D eigenvalue weighted by atomic mass is 10.1. The number of hydrazone groups is 1. The average Bonchev–Trinajstić information content (AvgIpc) is 3.14. The van der Waals surface area contributed by atoms with Gasteiger partial charge in [-0.3, -0.25) is 4.79 Å². The van der Waals surface area contributed by atoms with Crippen molar-refractivity contribution in [2.45, 2.75) is 25.5 Å². The van der Waals surface area contributed by atoms with Crippen LogP contribution in [0, 0.1) is 0 Å². The van der Waals surface area contributed by atoms with Crippen molar-refractivity contribution in [2.24, 2.45) is 5.10 Å². The second kappa shape index (κ2) is 9.58. The number of aromatic amines is 1. The van der Waals surface area contributed by atoms with Gasteiger partial charge in [0.2, 0.25) is 0 Å². The van der Waals surface area contributed by atoms with Gasteiger partial charge in [-0.25, -0.2) is 9.99 Å². The van der Waals surface area contributed by atoms with Gasteiger partial charge in [0, 0.05) is 5.02 Å². The zero-order valence-electron chi connectivity index (χ0n) is 16.0. The van der Waals surface area contributed by atoms with Gasteiger partial charge in [0.15, 0.2) is 0 Å². The zero-order valence-corrected chi connectivity index (χ0v) is 17.5. The monoisotopic (exact) mass is 429 g/mol. The number of amides is 1. The summed E-state index contributed by atoms with van der Waals surface area (Å²) in [4.78, 5) is 12.2. The minimum absolute atomic E-state index is 0.0990. The lowest BCUT2D eigenvalue weighted by Gasteiger charge is -2.07. The van der Waals surface area contributed by atoms with Crippen molar-refractivity contribution in [3.63, 3.8) is 0 Å². The Bertz CT molecular complexity index is 1030. The van der Waals surface area contributed by atoms with E-state index < -0.39 is 0 Å². The van der Waals surface area contributed by atoms with Gasteiger partial charge in [-0.05, 0) is 55.4 Å². The smallest absolute Gasteiger partial charge is 0.337 e. The minimum atomic E-state index is -0.258. The number of carbonyl (C=O) groups excluding carboxylic acids is 1. The van der Waals surface area contributed by atoms with E-state index in [4.69, 9.17) is 11.6 Å². The van der Waals surface area contributed by atoms with Gasteiger partial charge in [0.05, 0.1) is 28.7 Å². The van der Waals surface area contributed by atoms with E-state index in [0.29, 0.717) is 28.0 Å². The fraction of sp³-hybridized carbons (Fsp3) is 0.200. The van der Waals surface area contributed by atoms with Crippen molar-refractivity contribution < 1.29 is 14.5 Å². The Labute approximate surface area is 177 Å². The lowest BCUT2D eigenvalue weighted by Crippen LogP contribution is -2.36. The molecule has 0 fully saturated rings. The second-order valence-electron chi connectivity index (χ2n) is 6.15. The molecule has 0 saturated carbocycles. The van der Waals surface area contributed by atoms with Crippen molar-refractivity contribution >= 4 is 35.0 Å². The number of hydrogen-bond acceptors (Lipinski definition) is 5. The molecule has 1 heterocycles. The van der Waals surface area contributed by atoms with E-state index >= 15 is 0 Å². The van der Waals surface area contributed by atoms with Crippen molar-refractivity contribution in [3.05, 3.63) is 59.1 Å². The van der Waals surface area contributed by atoms with Crippen LogP contribution in [0.3, 0.4) is 0 Å². The van der Waals surface area contributed by atoms with E-state index in [2.05, 4.69) is 20.7 Å². The van der Waals surface area contributed by atoms with Crippen LogP contribution in [0.15, 0.2) is 58.8 Å². The number of carbonyl (C=O) groups is 1. The molecule has 0 spiro atoms. The number of nitrogens with zero attached hydrogens (tertiary/aromatic N) is 3. The number of nitrogens with one attached hydrogen (secondary N) is 2. The summed E-state index contributed by atoms with van der Waals surface area (Å²) in [6.07, 6.45) is 0. The Morgan fingerprint density at radius 1 is 1.31 bits per heavy atom. The second-order valence-corrected chi connectivity index (χ2v) is 7.53. The van der Waals surface area contributed by atoms with E-state index in [1.807, 2.05) is 35.8 Å². The van der Waals surface area contributed by atoms with Crippen LogP contribution in [0.25, 0.3) is 11.4 Å². The van der Waals surface area contributed by atoms with Crippen molar-refractivity contribution in [1.29, 1.82) is 0 Å². The summed E-state index contributed by atoms with van der Waals surface area (Å²) in [6, 6.07) is 13.8. The van der Waals surface area contributed by atoms with Crippen LogP contribution >= 0.6 is 23.4 Å². The Morgan fingerprint density at radius 3 is 2.76 bits per heavy atom. The molecule has 1 aromatic heterocycles. The number of benzene rings is 2. The standard InChI is InChI=1S/C20H20ClN5O2S/c1-3-26-19(14-7-9-16(21)10-8-14)24-25-20(26)29-12-18(28)23-22-13(2)15-5-4-6-17(27)11-15/h4-11H,3,12H2,1-2H3,(H2,23,27,28)/b22-13-. The van der Waals surface area contributed by atoms with Gasteiger partial charge in [-0.1, -0.05) is 35.9 Å². The first-order valence-electron chi connectivity index (χ1n) is 8.95. The normalized spacial score (nSPS) is 11.5. The molecular weight excluding hydrogens is 410 g/mol. The quantitative estimate of drug-likeness (QED) is 0.261. The molecule has 0 atom stereocenters. The highest BCUT2D eigenvalue weighted by Gasteiger charge is 2.21. The van der Waals surface area contributed by atoms with Gasteiger partial charge in [-0.15, -0.1) is 10.8 Å². The van der Waals surface area contributed by atoms with Crippen LogP contribution in [0.4, 0.5) is 0 Å². The highest BCUT2D eigenvalue weighted by Crippen LogP contribution is 2.19.